The van der Waals surface area contributed by atoms with Crippen molar-refractivity contribution < 1.29 is 18.0 Å². The van der Waals surface area contributed by atoms with E-state index in [0.29, 0.717) is 5.69 Å². The van der Waals surface area contributed by atoms with Crippen molar-refractivity contribution in [2.75, 3.05) is 11.1 Å². The van der Waals surface area contributed by atoms with E-state index < -0.39 is 29.0 Å². The Hall–Kier alpha value is -2.44. The molecular weight excluding hydrogens is 283 g/mol. The molecule has 1 aromatic heterocycles. The second-order valence-electron chi connectivity index (χ2n) is 4.84. The van der Waals surface area contributed by atoms with Crippen LogP contribution in [0.1, 0.15) is 30.4 Å². The first-order valence-electron chi connectivity index (χ1n) is 6.23. The number of hydrogen-bond acceptors (Lipinski definition) is 2. The van der Waals surface area contributed by atoms with Crippen LogP contribution in [0.5, 0.6) is 0 Å². The number of anilines is 2. The second-order valence-corrected chi connectivity index (χ2v) is 4.84. The molecule has 0 unspecified atom stereocenters. The zero-order chi connectivity index (χ0) is 15.7. The van der Waals surface area contributed by atoms with Crippen molar-refractivity contribution in [3.63, 3.8) is 0 Å². The lowest BCUT2D eigenvalue weighted by atomic mass is 10.2. The first kappa shape index (κ1) is 15.0. The summed E-state index contributed by atoms with van der Waals surface area (Å²) in [5, 5.41) is 2.21. The van der Waals surface area contributed by atoms with Crippen LogP contribution in [0.3, 0.4) is 0 Å². The Balaban J connectivity index is 2.33. The van der Waals surface area contributed by atoms with Crippen molar-refractivity contribution >= 4 is 17.3 Å². The summed E-state index contributed by atoms with van der Waals surface area (Å²) in [7, 11) is 0. The molecule has 0 aliphatic carbocycles. The van der Waals surface area contributed by atoms with E-state index in [1.54, 1.807) is 10.8 Å². The SMILES string of the molecule is CC(C)n1cc(N)cc1C(=O)Nc1ccc(F)c(F)c1F. The minimum Gasteiger partial charge on any atom is -0.397 e. The molecule has 0 aliphatic rings. The van der Waals surface area contributed by atoms with Crippen LogP contribution >= 0.6 is 0 Å². The van der Waals surface area contributed by atoms with Gasteiger partial charge in [0.15, 0.2) is 17.5 Å². The maximum atomic E-state index is 13.5. The van der Waals surface area contributed by atoms with Crippen molar-refractivity contribution in [3.05, 3.63) is 47.5 Å². The normalized spacial score (nSPS) is 11.0. The Kier molecular flexibility index (Phi) is 3.93. The second kappa shape index (κ2) is 5.51. The highest BCUT2D eigenvalue weighted by Crippen LogP contribution is 2.22. The van der Waals surface area contributed by atoms with E-state index in [9.17, 15) is 18.0 Å². The summed E-state index contributed by atoms with van der Waals surface area (Å²) in [6, 6.07) is 3.08. The van der Waals surface area contributed by atoms with Gasteiger partial charge in [0.25, 0.3) is 5.91 Å². The number of rotatable bonds is 3. The molecule has 112 valence electrons. The zero-order valence-corrected chi connectivity index (χ0v) is 11.5. The standard InChI is InChI=1S/C14H14F3N3O/c1-7(2)20-6-8(18)5-11(20)14(21)19-10-4-3-9(15)12(16)13(10)17/h3-7H,18H2,1-2H3,(H,19,21). The third kappa shape index (κ3) is 2.86. The number of nitrogens with one attached hydrogen (secondary N) is 1. The quantitative estimate of drug-likeness (QED) is 0.854. The molecule has 2 rings (SSSR count). The van der Waals surface area contributed by atoms with Crippen LogP contribution in [0.15, 0.2) is 24.4 Å². The van der Waals surface area contributed by atoms with Gasteiger partial charge in [0, 0.05) is 12.2 Å². The van der Waals surface area contributed by atoms with Gasteiger partial charge in [-0.25, -0.2) is 13.2 Å². The minimum atomic E-state index is -1.63. The lowest BCUT2D eigenvalue weighted by Gasteiger charge is -2.13. The van der Waals surface area contributed by atoms with Crippen LogP contribution in [-0.4, -0.2) is 10.5 Å². The van der Waals surface area contributed by atoms with E-state index in [2.05, 4.69) is 5.32 Å². The van der Waals surface area contributed by atoms with Crippen LogP contribution < -0.4 is 11.1 Å². The number of aromatic nitrogens is 1. The van der Waals surface area contributed by atoms with Crippen molar-refractivity contribution in [2.45, 2.75) is 19.9 Å². The number of hydrogen-bond donors (Lipinski definition) is 2. The van der Waals surface area contributed by atoms with Crippen LogP contribution in [0.25, 0.3) is 0 Å². The third-order valence-electron chi connectivity index (χ3n) is 2.94. The highest BCUT2D eigenvalue weighted by Gasteiger charge is 2.19. The highest BCUT2D eigenvalue weighted by atomic mass is 19.2. The predicted molar refractivity (Wildman–Crippen MR) is 73.5 cm³/mol. The first-order chi connectivity index (χ1) is 9.81. The van der Waals surface area contributed by atoms with Crippen LogP contribution in [0.4, 0.5) is 24.5 Å². The molecule has 1 amide bonds. The van der Waals surface area contributed by atoms with E-state index in [-0.39, 0.29) is 11.7 Å². The molecule has 3 N–H and O–H groups in total. The molecule has 1 heterocycles. The van der Waals surface area contributed by atoms with Gasteiger partial charge in [-0.2, -0.15) is 0 Å². The summed E-state index contributed by atoms with van der Waals surface area (Å²) >= 11 is 0. The fourth-order valence-electron chi connectivity index (χ4n) is 1.92. The van der Waals surface area contributed by atoms with Crippen molar-refractivity contribution in [2.24, 2.45) is 0 Å². The van der Waals surface area contributed by atoms with Crippen LogP contribution in [-0.2, 0) is 0 Å². The van der Waals surface area contributed by atoms with E-state index >= 15 is 0 Å². The summed E-state index contributed by atoms with van der Waals surface area (Å²) < 4.78 is 41.1. The van der Waals surface area contributed by atoms with E-state index in [4.69, 9.17) is 5.73 Å². The number of nitrogens with two attached hydrogens (primary N) is 1. The molecule has 1 aromatic carbocycles. The third-order valence-corrected chi connectivity index (χ3v) is 2.94. The van der Waals surface area contributed by atoms with Gasteiger partial charge in [-0.05, 0) is 32.0 Å². The lowest BCUT2D eigenvalue weighted by molar-refractivity contribution is 0.101. The molecule has 0 aliphatic heterocycles. The Morgan fingerprint density at radius 1 is 1.24 bits per heavy atom. The lowest BCUT2D eigenvalue weighted by Crippen LogP contribution is -2.18. The number of carbonyl (C=O) groups is 1. The van der Waals surface area contributed by atoms with Crippen molar-refractivity contribution in [1.82, 2.24) is 4.57 Å². The minimum absolute atomic E-state index is 0.0437. The van der Waals surface area contributed by atoms with Gasteiger partial charge in [0.2, 0.25) is 0 Å². The molecule has 0 radical (unpaired) electrons. The number of nitrogen functional groups attached to an aromatic ring is 1. The smallest absolute Gasteiger partial charge is 0.272 e. The summed E-state index contributed by atoms with van der Waals surface area (Å²) in [6.07, 6.45) is 1.57. The highest BCUT2D eigenvalue weighted by molar-refractivity contribution is 6.04. The van der Waals surface area contributed by atoms with Crippen molar-refractivity contribution in [1.29, 1.82) is 0 Å². The average molecular weight is 297 g/mol. The van der Waals surface area contributed by atoms with Crippen molar-refractivity contribution in [3.8, 4) is 0 Å². The summed E-state index contributed by atoms with van der Waals surface area (Å²) in [4.78, 5) is 12.1. The number of nitrogens with zero attached hydrogens (tertiary/aromatic N) is 1. The molecule has 0 bridgehead atoms. The van der Waals surface area contributed by atoms with Gasteiger partial charge in [-0.15, -0.1) is 0 Å². The van der Waals surface area contributed by atoms with E-state index in [1.807, 2.05) is 13.8 Å². The van der Waals surface area contributed by atoms with Gasteiger partial charge in [-0.3, -0.25) is 4.79 Å². The van der Waals surface area contributed by atoms with Gasteiger partial charge >= 0.3 is 0 Å². The largest absolute Gasteiger partial charge is 0.397 e. The molecule has 0 fully saturated rings. The molecule has 7 heteroatoms. The molecule has 2 aromatic rings. The maximum absolute atomic E-state index is 13.5. The summed E-state index contributed by atoms with van der Waals surface area (Å²) in [5.74, 6) is -5.06. The molecule has 21 heavy (non-hydrogen) atoms. The number of amides is 1. The predicted octanol–water partition coefficient (Wildman–Crippen LogP) is 3.32. The van der Waals surface area contributed by atoms with E-state index in [1.165, 1.54) is 6.07 Å². The number of halogens is 3. The van der Waals surface area contributed by atoms with Gasteiger partial charge in [-0.1, -0.05) is 0 Å². The summed E-state index contributed by atoms with van der Waals surface area (Å²) in [5.41, 5.74) is 5.78. The van der Waals surface area contributed by atoms with E-state index in [0.717, 1.165) is 12.1 Å². The fourth-order valence-corrected chi connectivity index (χ4v) is 1.92. The molecular formula is C14H14F3N3O. The Labute approximate surface area is 119 Å². The maximum Gasteiger partial charge on any atom is 0.272 e. The average Bonchev–Trinajstić information content (AvgIpc) is 2.82. The molecule has 0 spiro atoms. The fraction of sp³-hybridized carbons (Fsp3) is 0.214. The Morgan fingerprint density at radius 2 is 1.90 bits per heavy atom. The molecule has 0 saturated heterocycles. The molecule has 0 saturated carbocycles. The Morgan fingerprint density at radius 3 is 2.52 bits per heavy atom. The van der Waals surface area contributed by atoms with Crippen LogP contribution in [0, 0.1) is 17.5 Å². The van der Waals surface area contributed by atoms with Crippen LogP contribution in [0.2, 0.25) is 0 Å². The van der Waals surface area contributed by atoms with Gasteiger partial charge < -0.3 is 15.6 Å². The first-order valence-corrected chi connectivity index (χ1v) is 6.23. The van der Waals surface area contributed by atoms with Gasteiger partial charge in [0.1, 0.15) is 5.69 Å². The number of carbonyl (C=O) groups excluding carboxylic acids is 1. The topological polar surface area (TPSA) is 60.0 Å². The number of benzene rings is 1. The zero-order valence-electron chi connectivity index (χ0n) is 11.5. The van der Waals surface area contributed by atoms with Gasteiger partial charge in [0.05, 0.1) is 11.4 Å². The monoisotopic (exact) mass is 297 g/mol. The summed E-state index contributed by atoms with van der Waals surface area (Å²) in [6.45, 7) is 3.68. The molecule has 4 nitrogen and oxygen atoms in total. The Bertz CT molecular complexity index is 695. The molecule has 0 atom stereocenters.